The molecular formula is C25H31N5O5. The fraction of sp³-hybridized carbons (Fsp3) is 0.360. The Morgan fingerprint density at radius 3 is 2.71 bits per heavy atom. The van der Waals surface area contributed by atoms with Crippen LogP contribution in [-0.4, -0.2) is 54.6 Å². The molecule has 186 valence electrons. The van der Waals surface area contributed by atoms with E-state index in [1.807, 2.05) is 61.5 Å². The molecule has 0 saturated carbocycles. The van der Waals surface area contributed by atoms with Crippen molar-refractivity contribution in [2.45, 2.75) is 38.8 Å². The second kappa shape index (κ2) is 13.6. The third-order valence-corrected chi connectivity index (χ3v) is 5.18. The van der Waals surface area contributed by atoms with Crippen LogP contribution in [0.5, 0.6) is 5.75 Å². The number of carbonyl (C=O) groups excluding carboxylic acids is 1. The van der Waals surface area contributed by atoms with Crippen LogP contribution in [0, 0.1) is 0 Å². The first-order valence-corrected chi connectivity index (χ1v) is 11.5. The topological polar surface area (TPSA) is 134 Å². The van der Waals surface area contributed by atoms with Crippen LogP contribution in [0.25, 0.3) is 0 Å². The van der Waals surface area contributed by atoms with Gasteiger partial charge in [0.15, 0.2) is 0 Å². The Balaban J connectivity index is 1.40. The van der Waals surface area contributed by atoms with Crippen molar-refractivity contribution in [3.63, 3.8) is 0 Å². The molecule has 0 saturated heterocycles. The van der Waals surface area contributed by atoms with E-state index in [2.05, 4.69) is 26.2 Å². The van der Waals surface area contributed by atoms with E-state index in [1.54, 1.807) is 0 Å². The number of carboxylic acid groups (broad SMARTS) is 1. The molecule has 0 radical (unpaired) electrons. The number of carbonyl (C=O) groups is 2. The Kier molecular flexibility index (Phi) is 9.91. The second-order valence-electron chi connectivity index (χ2n) is 8.00. The number of hydrazone groups is 1. The molecule has 0 bridgehead atoms. The Morgan fingerprint density at radius 1 is 1.17 bits per heavy atom. The summed E-state index contributed by atoms with van der Waals surface area (Å²) in [5, 5.41) is 19.2. The summed E-state index contributed by atoms with van der Waals surface area (Å²) in [5.74, 6) is 0.176. The van der Waals surface area contributed by atoms with E-state index in [1.165, 1.54) is 0 Å². The Bertz CT molecular complexity index is 1040. The van der Waals surface area contributed by atoms with Gasteiger partial charge in [0.25, 0.3) is 0 Å². The number of aliphatic imine (C=N–C) groups is 1. The molecule has 1 aliphatic heterocycles. The fourth-order valence-corrected chi connectivity index (χ4v) is 3.25. The van der Waals surface area contributed by atoms with Crippen LogP contribution in [-0.2, 0) is 22.6 Å². The molecule has 0 spiro atoms. The van der Waals surface area contributed by atoms with Gasteiger partial charge in [-0.25, -0.2) is 20.0 Å². The molecule has 10 nitrogen and oxygen atoms in total. The first kappa shape index (κ1) is 25.5. The summed E-state index contributed by atoms with van der Waals surface area (Å²) in [6.07, 6.45) is 0.848. The van der Waals surface area contributed by atoms with Crippen LogP contribution in [0.3, 0.4) is 0 Å². The molecule has 0 aromatic heterocycles. The normalized spacial score (nSPS) is 13.9. The SMILES string of the molecule is C/C(CCc1cccc(OCCC(NC(=O)OCc2ccccc2)C(=O)O)c1)=N\NC1=NCCN1. The lowest BCUT2D eigenvalue weighted by Crippen LogP contribution is -2.42. The maximum atomic E-state index is 12.0. The van der Waals surface area contributed by atoms with Crippen LogP contribution in [0.2, 0.25) is 0 Å². The van der Waals surface area contributed by atoms with Gasteiger partial charge < -0.3 is 25.2 Å². The molecule has 3 rings (SSSR count). The summed E-state index contributed by atoms with van der Waals surface area (Å²) >= 11 is 0. The minimum Gasteiger partial charge on any atom is -0.493 e. The van der Waals surface area contributed by atoms with Crippen LogP contribution in [0.1, 0.15) is 30.9 Å². The number of carboxylic acids is 1. The molecule has 1 atom stereocenters. The monoisotopic (exact) mass is 481 g/mol. The van der Waals surface area contributed by atoms with Gasteiger partial charge in [-0.2, -0.15) is 5.10 Å². The number of benzene rings is 2. The third kappa shape index (κ3) is 9.36. The molecule has 35 heavy (non-hydrogen) atoms. The zero-order valence-electron chi connectivity index (χ0n) is 19.7. The van der Waals surface area contributed by atoms with E-state index in [9.17, 15) is 14.7 Å². The molecule has 0 fully saturated rings. The zero-order valence-corrected chi connectivity index (χ0v) is 19.7. The number of ether oxygens (including phenoxy) is 2. The highest BCUT2D eigenvalue weighted by Gasteiger charge is 2.20. The van der Waals surface area contributed by atoms with Crippen LogP contribution in [0.4, 0.5) is 4.79 Å². The lowest BCUT2D eigenvalue weighted by molar-refractivity contribution is -0.139. The number of rotatable bonds is 12. The van der Waals surface area contributed by atoms with Gasteiger partial charge in [-0.3, -0.25) is 0 Å². The van der Waals surface area contributed by atoms with Crippen molar-refractivity contribution < 1.29 is 24.2 Å². The standard InChI is InChI=1S/C25H31N5O5/c1-18(29-30-24-26-13-14-27-24)10-11-19-8-5-9-21(16-19)34-15-12-22(23(31)32)28-25(33)35-17-20-6-3-2-4-7-20/h2-9,16,22H,10-15,17H2,1H3,(H,28,33)(H,31,32)(H2,26,27,30)/b29-18+. The fourth-order valence-electron chi connectivity index (χ4n) is 3.25. The molecule has 4 N–H and O–H groups in total. The molecular weight excluding hydrogens is 450 g/mol. The van der Waals surface area contributed by atoms with Crippen molar-refractivity contribution in [3.8, 4) is 5.75 Å². The van der Waals surface area contributed by atoms with Crippen molar-refractivity contribution >= 4 is 23.7 Å². The lowest BCUT2D eigenvalue weighted by Gasteiger charge is -2.15. The quantitative estimate of drug-likeness (QED) is 0.271. The van der Waals surface area contributed by atoms with Gasteiger partial charge in [-0.1, -0.05) is 42.5 Å². The first-order valence-electron chi connectivity index (χ1n) is 11.5. The van der Waals surface area contributed by atoms with Gasteiger partial charge >= 0.3 is 12.1 Å². The smallest absolute Gasteiger partial charge is 0.408 e. The lowest BCUT2D eigenvalue weighted by atomic mass is 10.1. The minimum absolute atomic E-state index is 0.0637. The highest BCUT2D eigenvalue weighted by Crippen LogP contribution is 2.15. The number of nitrogens with zero attached hydrogens (tertiary/aromatic N) is 2. The molecule has 1 unspecified atom stereocenters. The van der Waals surface area contributed by atoms with Gasteiger partial charge in [-0.15, -0.1) is 0 Å². The zero-order chi connectivity index (χ0) is 24.9. The number of hydrogen-bond acceptors (Lipinski definition) is 8. The van der Waals surface area contributed by atoms with Gasteiger partial charge in [0.1, 0.15) is 18.4 Å². The summed E-state index contributed by atoms with van der Waals surface area (Å²) in [7, 11) is 0. The molecule has 2 aromatic rings. The molecule has 1 amide bonds. The van der Waals surface area contributed by atoms with Crippen molar-refractivity contribution in [1.29, 1.82) is 0 Å². The predicted octanol–water partition coefficient (Wildman–Crippen LogP) is 2.69. The number of aryl methyl sites for hydroxylation is 1. The van der Waals surface area contributed by atoms with Crippen molar-refractivity contribution in [2.24, 2.45) is 10.1 Å². The number of nitrogens with one attached hydrogen (secondary N) is 3. The van der Waals surface area contributed by atoms with Gasteiger partial charge in [0.2, 0.25) is 5.96 Å². The van der Waals surface area contributed by atoms with Crippen LogP contribution in [0.15, 0.2) is 64.7 Å². The highest BCUT2D eigenvalue weighted by molar-refractivity contribution is 5.86. The molecule has 2 aromatic carbocycles. The predicted molar refractivity (Wildman–Crippen MR) is 133 cm³/mol. The van der Waals surface area contributed by atoms with E-state index in [0.717, 1.165) is 42.8 Å². The molecule has 0 aliphatic carbocycles. The number of hydrogen-bond donors (Lipinski definition) is 4. The van der Waals surface area contributed by atoms with Crippen molar-refractivity contribution in [2.75, 3.05) is 19.7 Å². The van der Waals surface area contributed by atoms with Crippen molar-refractivity contribution in [1.82, 2.24) is 16.1 Å². The highest BCUT2D eigenvalue weighted by atomic mass is 16.5. The molecule has 1 aliphatic rings. The van der Waals surface area contributed by atoms with Gasteiger partial charge in [0, 0.05) is 18.7 Å². The molecule has 1 heterocycles. The Labute approximate surface area is 204 Å². The summed E-state index contributed by atoms with van der Waals surface area (Å²) in [5.41, 5.74) is 5.76. The van der Waals surface area contributed by atoms with E-state index in [-0.39, 0.29) is 19.6 Å². The van der Waals surface area contributed by atoms with E-state index in [4.69, 9.17) is 9.47 Å². The minimum atomic E-state index is -1.15. The number of guanidine groups is 1. The first-order chi connectivity index (χ1) is 17.0. The van der Waals surface area contributed by atoms with Crippen LogP contribution >= 0.6 is 0 Å². The van der Waals surface area contributed by atoms with Gasteiger partial charge in [-0.05, 0) is 43.0 Å². The van der Waals surface area contributed by atoms with E-state index >= 15 is 0 Å². The second-order valence-corrected chi connectivity index (χ2v) is 8.00. The average Bonchev–Trinajstić information content (AvgIpc) is 3.39. The summed E-state index contributed by atoms with van der Waals surface area (Å²) in [6.45, 7) is 3.72. The van der Waals surface area contributed by atoms with Gasteiger partial charge in [0.05, 0.1) is 13.2 Å². The third-order valence-electron chi connectivity index (χ3n) is 5.18. The number of aliphatic carboxylic acids is 1. The van der Waals surface area contributed by atoms with Crippen molar-refractivity contribution in [3.05, 3.63) is 65.7 Å². The summed E-state index contributed by atoms with van der Waals surface area (Å²) in [4.78, 5) is 27.8. The molecule has 10 heteroatoms. The number of amides is 1. The van der Waals surface area contributed by atoms with E-state index < -0.39 is 18.1 Å². The van der Waals surface area contributed by atoms with Crippen LogP contribution < -0.4 is 20.8 Å². The number of alkyl carbamates (subject to hydrolysis) is 1. The Morgan fingerprint density at radius 2 is 1.97 bits per heavy atom. The summed E-state index contributed by atoms with van der Waals surface area (Å²) in [6, 6.07) is 15.7. The largest absolute Gasteiger partial charge is 0.493 e. The average molecular weight is 482 g/mol. The Hall–Kier alpha value is -4.08. The van der Waals surface area contributed by atoms with E-state index in [0.29, 0.717) is 11.7 Å². The maximum absolute atomic E-state index is 12.0. The maximum Gasteiger partial charge on any atom is 0.408 e. The summed E-state index contributed by atoms with van der Waals surface area (Å²) < 4.78 is 10.8.